The van der Waals surface area contributed by atoms with E-state index in [4.69, 9.17) is 0 Å². The summed E-state index contributed by atoms with van der Waals surface area (Å²) in [5.74, 6) is 0.354. The Morgan fingerprint density at radius 2 is 1.68 bits per heavy atom. The Balaban J connectivity index is 1.41. The molecular formula is C24H26N6O3S. The predicted octanol–water partition coefficient (Wildman–Crippen LogP) is 3.73. The first-order valence-electron chi connectivity index (χ1n) is 10.8. The minimum absolute atomic E-state index is 0.117. The van der Waals surface area contributed by atoms with Crippen molar-refractivity contribution in [2.24, 2.45) is 0 Å². The Morgan fingerprint density at radius 3 is 2.35 bits per heavy atom. The molecule has 0 fully saturated rings. The number of aromatic nitrogens is 4. The van der Waals surface area contributed by atoms with Crippen molar-refractivity contribution >= 4 is 33.1 Å². The normalized spacial score (nSPS) is 11.5. The number of hydrogen-bond donors (Lipinski definition) is 2. The van der Waals surface area contributed by atoms with Gasteiger partial charge < -0.3 is 5.32 Å². The van der Waals surface area contributed by atoms with Crippen LogP contribution in [0, 0.1) is 27.7 Å². The Hall–Kier alpha value is -3.79. The third-order valence-electron chi connectivity index (χ3n) is 5.76. The van der Waals surface area contributed by atoms with E-state index in [0.717, 1.165) is 28.1 Å². The molecule has 0 aliphatic carbocycles. The minimum Gasteiger partial charge on any atom is -0.326 e. The highest BCUT2D eigenvalue weighted by atomic mass is 32.2. The summed E-state index contributed by atoms with van der Waals surface area (Å²) in [5.41, 5.74) is 5.45. The molecule has 2 N–H and O–H groups in total. The zero-order chi connectivity index (χ0) is 24.5. The number of anilines is 2. The van der Waals surface area contributed by atoms with Gasteiger partial charge in [0.05, 0.1) is 10.6 Å². The molecular weight excluding hydrogens is 452 g/mol. The van der Waals surface area contributed by atoms with E-state index < -0.39 is 10.0 Å². The van der Waals surface area contributed by atoms with Gasteiger partial charge in [0.2, 0.25) is 5.91 Å². The first-order chi connectivity index (χ1) is 16.2. The van der Waals surface area contributed by atoms with Crippen molar-refractivity contribution in [2.75, 3.05) is 10.0 Å². The van der Waals surface area contributed by atoms with E-state index in [1.807, 2.05) is 45.9 Å². The van der Waals surface area contributed by atoms with Gasteiger partial charge in [-0.2, -0.15) is 10.1 Å². The molecule has 0 radical (unpaired) electrons. The van der Waals surface area contributed by atoms with Gasteiger partial charge in [0.25, 0.3) is 15.8 Å². The number of nitrogens with zero attached hydrogens (tertiary/aromatic N) is 4. The van der Waals surface area contributed by atoms with E-state index in [0.29, 0.717) is 23.6 Å². The van der Waals surface area contributed by atoms with Gasteiger partial charge in [-0.25, -0.2) is 17.9 Å². The number of hydrogen-bond acceptors (Lipinski definition) is 6. The molecule has 0 saturated heterocycles. The van der Waals surface area contributed by atoms with Gasteiger partial charge in [-0.1, -0.05) is 18.2 Å². The van der Waals surface area contributed by atoms with Gasteiger partial charge in [0, 0.05) is 23.5 Å². The number of amides is 1. The molecule has 0 bridgehead atoms. The molecule has 1 amide bonds. The highest BCUT2D eigenvalue weighted by Crippen LogP contribution is 2.24. The molecule has 176 valence electrons. The van der Waals surface area contributed by atoms with Crippen molar-refractivity contribution in [3.8, 4) is 0 Å². The van der Waals surface area contributed by atoms with Crippen molar-refractivity contribution < 1.29 is 13.2 Å². The third-order valence-corrected chi connectivity index (χ3v) is 7.12. The van der Waals surface area contributed by atoms with Gasteiger partial charge in [-0.15, -0.1) is 0 Å². The highest BCUT2D eigenvalue weighted by molar-refractivity contribution is 7.92. The number of fused-ring (bicyclic) bond motifs is 1. The summed E-state index contributed by atoms with van der Waals surface area (Å²) in [7, 11) is -3.76. The number of nitrogens with one attached hydrogen (secondary N) is 2. The Bertz CT molecular complexity index is 1460. The predicted molar refractivity (Wildman–Crippen MR) is 130 cm³/mol. The number of rotatable bonds is 7. The average molecular weight is 479 g/mol. The van der Waals surface area contributed by atoms with Crippen LogP contribution in [-0.2, 0) is 21.2 Å². The highest BCUT2D eigenvalue weighted by Gasteiger charge is 2.17. The first kappa shape index (κ1) is 23.4. The van der Waals surface area contributed by atoms with Crippen LogP contribution in [0.15, 0.2) is 53.7 Å². The van der Waals surface area contributed by atoms with Gasteiger partial charge in [0.15, 0.2) is 0 Å². The van der Waals surface area contributed by atoms with E-state index in [1.165, 1.54) is 18.5 Å². The molecule has 0 spiro atoms. The van der Waals surface area contributed by atoms with E-state index >= 15 is 0 Å². The molecule has 0 saturated carbocycles. The van der Waals surface area contributed by atoms with Crippen LogP contribution in [0.3, 0.4) is 0 Å². The molecule has 2 aromatic heterocycles. The molecule has 9 nitrogen and oxygen atoms in total. The third kappa shape index (κ3) is 4.76. The molecule has 0 atom stereocenters. The molecule has 0 aliphatic rings. The van der Waals surface area contributed by atoms with Crippen LogP contribution in [0.5, 0.6) is 0 Å². The Labute approximate surface area is 198 Å². The summed E-state index contributed by atoms with van der Waals surface area (Å²) < 4.78 is 30.0. The molecule has 2 heterocycles. The lowest BCUT2D eigenvalue weighted by Crippen LogP contribution is -2.16. The first-order valence-corrected chi connectivity index (χ1v) is 12.3. The molecule has 4 aromatic rings. The SMILES string of the molecule is Cc1cccc(C)c1NS(=O)(=O)c1ccc(NC(=O)CCc2c(C)nc3ncnn3c2C)cc1. The average Bonchev–Trinajstić information content (AvgIpc) is 3.25. The summed E-state index contributed by atoms with van der Waals surface area (Å²) in [6.45, 7) is 7.52. The second-order valence-electron chi connectivity index (χ2n) is 8.18. The largest absolute Gasteiger partial charge is 0.326 e. The van der Waals surface area contributed by atoms with Crippen LogP contribution in [0.1, 0.15) is 34.5 Å². The van der Waals surface area contributed by atoms with Gasteiger partial charge >= 0.3 is 0 Å². The summed E-state index contributed by atoms with van der Waals surface area (Å²) in [4.78, 5) is 21.2. The van der Waals surface area contributed by atoms with Crippen LogP contribution < -0.4 is 10.0 Å². The topological polar surface area (TPSA) is 118 Å². The van der Waals surface area contributed by atoms with E-state index in [1.54, 1.807) is 16.6 Å². The zero-order valence-electron chi connectivity index (χ0n) is 19.5. The number of para-hydroxylation sites is 1. The van der Waals surface area contributed by atoms with Crippen molar-refractivity contribution in [1.29, 1.82) is 0 Å². The van der Waals surface area contributed by atoms with Crippen LogP contribution >= 0.6 is 0 Å². The molecule has 0 aliphatic heterocycles. The second-order valence-corrected chi connectivity index (χ2v) is 9.86. The molecule has 10 heteroatoms. The fourth-order valence-electron chi connectivity index (χ4n) is 3.87. The molecule has 0 unspecified atom stereocenters. The van der Waals surface area contributed by atoms with E-state index in [2.05, 4.69) is 25.1 Å². The maximum Gasteiger partial charge on any atom is 0.261 e. The van der Waals surface area contributed by atoms with Crippen LogP contribution in [-0.4, -0.2) is 33.9 Å². The molecule has 34 heavy (non-hydrogen) atoms. The smallest absolute Gasteiger partial charge is 0.261 e. The minimum atomic E-state index is -3.76. The van der Waals surface area contributed by atoms with Crippen LogP contribution in [0.4, 0.5) is 11.4 Å². The summed E-state index contributed by atoms with van der Waals surface area (Å²) >= 11 is 0. The van der Waals surface area contributed by atoms with Gasteiger partial charge in [-0.3, -0.25) is 9.52 Å². The summed E-state index contributed by atoms with van der Waals surface area (Å²) in [6.07, 6.45) is 2.20. The van der Waals surface area contributed by atoms with Crippen molar-refractivity contribution in [2.45, 2.75) is 45.4 Å². The Kier molecular flexibility index (Phi) is 6.34. The molecule has 2 aromatic carbocycles. The van der Waals surface area contributed by atoms with Gasteiger partial charge in [0.1, 0.15) is 6.33 Å². The maximum absolute atomic E-state index is 12.8. The summed E-state index contributed by atoms with van der Waals surface area (Å²) in [5, 5.41) is 6.99. The monoisotopic (exact) mass is 478 g/mol. The number of carbonyl (C=O) groups is 1. The van der Waals surface area contributed by atoms with Crippen LogP contribution in [0.2, 0.25) is 0 Å². The van der Waals surface area contributed by atoms with Crippen molar-refractivity contribution in [1.82, 2.24) is 19.6 Å². The number of aryl methyl sites for hydroxylation is 4. The lowest BCUT2D eigenvalue weighted by Gasteiger charge is -2.14. The van der Waals surface area contributed by atoms with Crippen molar-refractivity contribution in [3.05, 3.63) is 76.9 Å². The lowest BCUT2D eigenvalue weighted by atomic mass is 10.1. The zero-order valence-corrected chi connectivity index (χ0v) is 20.3. The number of carbonyl (C=O) groups excluding carboxylic acids is 1. The fourth-order valence-corrected chi connectivity index (χ4v) is 5.07. The van der Waals surface area contributed by atoms with Crippen LogP contribution in [0.25, 0.3) is 5.78 Å². The maximum atomic E-state index is 12.8. The summed E-state index contributed by atoms with van der Waals surface area (Å²) in [6, 6.07) is 11.7. The van der Waals surface area contributed by atoms with E-state index in [9.17, 15) is 13.2 Å². The lowest BCUT2D eigenvalue weighted by molar-refractivity contribution is -0.116. The Morgan fingerprint density at radius 1 is 1.00 bits per heavy atom. The fraction of sp³-hybridized carbons (Fsp3) is 0.250. The van der Waals surface area contributed by atoms with Crippen molar-refractivity contribution in [3.63, 3.8) is 0 Å². The quantitative estimate of drug-likeness (QED) is 0.418. The second kappa shape index (κ2) is 9.22. The number of sulfonamides is 1. The number of benzene rings is 2. The van der Waals surface area contributed by atoms with E-state index in [-0.39, 0.29) is 17.2 Å². The standard InChI is InChI=1S/C24H26N6O3S/c1-15-6-5-7-16(2)23(15)29-34(32,33)20-10-8-19(9-11-20)28-22(31)13-12-21-17(3)27-24-25-14-26-30(24)18(21)4/h5-11,14,29H,12-13H2,1-4H3,(H,28,31). The van der Waals surface area contributed by atoms with Gasteiger partial charge in [-0.05, 0) is 75.1 Å². The molecule has 4 rings (SSSR count).